The molecule has 0 fully saturated rings. The van der Waals surface area contributed by atoms with Crippen molar-refractivity contribution in [1.82, 2.24) is 29.9 Å². The van der Waals surface area contributed by atoms with Gasteiger partial charge in [-0.1, -0.05) is 0 Å². The van der Waals surface area contributed by atoms with E-state index >= 15 is 0 Å². The molecule has 0 aliphatic rings. The molecule has 0 aliphatic heterocycles. The maximum absolute atomic E-state index is 13.3. The van der Waals surface area contributed by atoms with Crippen molar-refractivity contribution in [2.24, 2.45) is 5.73 Å². The Morgan fingerprint density at radius 2 is 0.962 bits per heavy atom. The van der Waals surface area contributed by atoms with Gasteiger partial charge in [0.15, 0.2) is 11.4 Å². The Kier molecular flexibility index (Phi) is 13.7. The highest BCUT2D eigenvalue weighted by Crippen LogP contribution is 2.38. The monoisotopic (exact) mass is 779 g/mol. The van der Waals surface area contributed by atoms with Gasteiger partial charge in [0.25, 0.3) is 0 Å². The molecule has 4 aromatic heterocycles. The van der Waals surface area contributed by atoms with Crippen LogP contribution < -0.4 is 5.73 Å². The average molecular weight is 780 g/mol. The van der Waals surface area contributed by atoms with E-state index in [0.717, 1.165) is 24.5 Å². The van der Waals surface area contributed by atoms with Crippen LogP contribution >= 0.6 is 12.4 Å². The highest BCUT2D eigenvalue weighted by atomic mass is 35.5. The lowest BCUT2D eigenvalue weighted by atomic mass is 10.0. The molecule has 284 valence electrons. The zero-order chi connectivity index (χ0) is 38.6. The van der Waals surface area contributed by atoms with Crippen molar-refractivity contribution in [2.45, 2.75) is 70.5 Å². The minimum absolute atomic E-state index is 0. The van der Waals surface area contributed by atoms with Gasteiger partial charge in [-0.25, -0.2) is 19.9 Å². The van der Waals surface area contributed by atoms with E-state index in [1.165, 1.54) is 0 Å². The maximum Gasteiger partial charge on any atom is 0.451 e. The zero-order valence-electron chi connectivity index (χ0n) is 26.8. The van der Waals surface area contributed by atoms with E-state index < -0.39 is 70.4 Å². The quantitative estimate of drug-likeness (QED) is 0.152. The Bertz CT molecular complexity index is 1810. The van der Waals surface area contributed by atoms with Gasteiger partial charge < -0.3 is 10.5 Å². The Labute approximate surface area is 292 Å². The number of carbonyl (C=O) groups is 1. The first kappa shape index (κ1) is 43.5. The molecular formula is C30H26ClF12N7O2. The molecular weight excluding hydrogens is 754 g/mol. The molecule has 0 radical (unpaired) electrons. The second-order valence-corrected chi connectivity index (χ2v) is 11.4. The summed E-state index contributed by atoms with van der Waals surface area (Å²) in [6, 6.07) is 2.20. The number of aromatic nitrogens is 6. The molecule has 0 amide bonds. The molecule has 22 heteroatoms. The number of carbonyl (C=O) groups excluding carboxylic acids is 1. The van der Waals surface area contributed by atoms with Crippen LogP contribution in [0.25, 0.3) is 22.3 Å². The second-order valence-electron chi connectivity index (χ2n) is 11.4. The van der Waals surface area contributed by atoms with E-state index in [0.29, 0.717) is 30.4 Å². The van der Waals surface area contributed by atoms with Gasteiger partial charge in [0.05, 0.1) is 0 Å². The number of aryl methyl sites for hydroxylation is 1. The van der Waals surface area contributed by atoms with Crippen LogP contribution in [0, 0.1) is 0 Å². The van der Waals surface area contributed by atoms with Crippen LogP contribution in [0.3, 0.4) is 0 Å². The lowest BCUT2D eigenvalue weighted by molar-refractivity contribution is -0.155. The topological polar surface area (TPSA) is 130 Å². The average Bonchev–Trinajstić information content (AvgIpc) is 3.01. The third kappa shape index (κ3) is 12.2. The summed E-state index contributed by atoms with van der Waals surface area (Å²) in [5.74, 6) is -3.45. The van der Waals surface area contributed by atoms with Gasteiger partial charge in [0, 0.05) is 72.4 Å². The van der Waals surface area contributed by atoms with Gasteiger partial charge in [-0.2, -0.15) is 52.7 Å². The van der Waals surface area contributed by atoms with Crippen molar-refractivity contribution in [2.75, 3.05) is 0 Å². The first-order valence-electron chi connectivity index (χ1n) is 14.1. The summed E-state index contributed by atoms with van der Waals surface area (Å²) in [7, 11) is 0. The Balaban J connectivity index is 0.000000366. The van der Waals surface area contributed by atoms with Gasteiger partial charge in [-0.15, -0.1) is 12.4 Å². The van der Waals surface area contributed by atoms with Crippen LogP contribution in [0.2, 0.25) is 0 Å². The fourth-order valence-electron chi connectivity index (χ4n) is 4.02. The minimum atomic E-state index is -4.85. The highest BCUT2D eigenvalue weighted by molar-refractivity contribution is 5.85. The number of hydrogen-bond donors (Lipinski definition) is 1. The zero-order valence-corrected chi connectivity index (χ0v) is 27.6. The molecule has 4 heterocycles. The summed E-state index contributed by atoms with van der Waals surface area (Å²) in [5.41, 5.74) is 1.24. The van der Waals surface area contributed by atoms with Crippen LogP contribution in [-0.2, 0) is 47.2 Å². The van der Waals surface area contributed by atoms with Crippen LogP contribution in [0.15, 0.2) is 49.3 Å². The first-order valence-corrected chi connectivity index (χ1v) is 14.1. The molecule has 0 bridgehead atoms. The number of esters is 1. The summed E-state index contributed by atoms with van der Waals surface area (Å²) in [5, 5.41) is 0. The number of pyridine rings is 2. The summed E-state index contributed by atoms with van der Waals surface area (Å²) >= 11 is 0. The summed E-state index contributed by atoms with van der Waals surface area (Å²) in [6.45, 7) is 4.95. The van der Waals surface area contributed by atoms with Gasteiger partial charge >= 0.3 is 30.7 Å². The third-order valence-electron chi connectivity index (χ3n) is 6.13. The lowest BCUT2D eigenvalue weighted by Crippen LogP contribution is -2.24. The molecule has 0 unspecified atom stereocenters. The molecule has 0 saturated heterocycles. The molecule has 52 heavy (non-hydrogen) atoms. The normalized spacial score (nSPS) is 12.4. The predicted molar refractivity (Wildman–Crippen MR) is 160 cm³/mol. The molecule has 0 aliphatic carbocycles. The van der Waals surface area contributed by atoms with Crippen molar-refractivity contribution in [3.63, 3.8) is 0 Å². The summed E-state index contributed by atoms with van der Waals surface area (Å²) < 4.78 is 159. The van der Waals surface area contributed by atoms with Gasteiger partial charge in [0.1, 0.15) is 5.60 Å². The molecule has 0 aromatic carbocycles. The lowest BCUT2D eigenvalue weighted by Gasteiger charge is -2.19. The van der Waals surface area contributed by atoms with Gasteiger partial charge in [-0.3, -0.25) is 14.8 Å². The SMILES string of the molecule is CC(C)(C)OC(=O)CCc1cnc(C(F)(F)F)c(-c2cnc(C(F)(F)F)nc2)c1.Cl.NCc1cnc(C(F)(F)F)c(-c2cnc(C(F)(F)F)nc2)c1. The van der Waals surface area contributed by atoms with Crippen molar-refractivity contribution < 1.29 is 62.2 Å². The predicted octanol–water partition coefficient (Wildman–Crippen LogP) is 8.31. The minimum Gasteiger partial charge on any atom is -0.460 e. The molecule has 0 atom stereocenters. The Morgan fingerprint density at radius 3 is 1.29 bits per heavy atom. The van der Waals surface area contributed by atoms with Crippen LogP contribution in [0.1, 0.15) is 61.4 Å². The smallest absolute Gasteiger partial charge is 0.451 e. The largest absolute Gasteiger partial charge is 0.460 e. The van der Waals surface area contributed by atoms with E-state index in [1.54, 1.807) is 20.8 Å². The summed E-state index contributed by atoms with van der Waals surface area (Å²) in [4.78, 5) is 30.7. The van der Waals surface area contributed by atoms with Gasteiger partial charge in [0.2, 0.25) is 11.6 Å². The molecule has 4 aromatic rings. The second kappa shape index (κ2) is 16.3. The van der Waals surface area contributed by atoms with Crippen molar-refractivity contribution in [3.8, 4) is 22.3 Å². The van der Waals surface area contributed by atoms with E-state index in [2.05, 4.69) is 29.9 Å². The number of nitrogens with zero attached hydrogens (tertiary/aromatic N) is 6. The number of alkyl halides is 12. The molecule has 4 rings (SSSR count). The van der Waals surface area contributed by atoms with Crippen LogP contribution in [0.4, 0.5) is 52.7 Å². The molecule has 9 nitrogen and oxygen atoms in total. The standard InChI is InChI=1S/C18H17F6N3O2.C12H8F6N4.ClH/c1-16(2,3)29-13(28)5-4-10-6-12(14(25-7-10)17(19,20)21)11-8-26-15(27-9-11)18(22,23)24;13-11(14,15)9-8(1-6(2-19)3-20-9)7-4-21-10(22-5-7)12(16,17)18;/h6-9H,4-5H2,1-3H3;1,3-5H,2,19H2;1H. The Hall–Kier alpha value is -4.66. The fourth-order valence-corrected chi connectivity index (χ4v) is 4.02. The van der Waals surface area contributed by atoms with E-state index in [1.807, 2.05) is 0 Å². The molecule has 0 spiro atoms. The molecule has 2 N–H and O–H groups in total. The number of halogens is 13. The fraction of sp³-hybridized carbons (Fsp3) is 0.367. The van der Waals surface area contributed by atoms with Crippen molar-refractivity contribution in [1.29, 1.82) is 0 Å². The molecule has 0 saturated carbocycles. The highest BCUT2D eigenvalue weighted by Gasteiger charge is 2.39. The number of ether oxygens (including phenoxy) is 1. The Morgan fingerprint density at radius 1 is 0.596 bits per heavy atom. The van der Waals surface area contributed by atoms with E-state index in [9.17, 15) is 57.5 Å². The van der Waals surface area contributed by atoms with Crippen molar-refractivity contribution in [3.05, 3.63) is 83.5 Å². The summed E-state index contributed by atoms with van der Waals surface area (Å²) in [6.07, 6.45) is -14.7. The number of rotatable bonds is 6. The third-order valence-corrected chi connectivity index (χ3v) is 6.13. The maximum atomic E-state index is 13.3. The number of nitrogens with two attached hydrogens (primary N) is 1. The van der Waals surface area contributed by atoms with E-state index in [-0.39, 0.29) is 48.5 Å². The van der Waals surface area contributed by atoms with Crippen LogP contribution in [0.5, 0.6) is 0 Å². The number of hydrogen-bond acceptors (Lipinski definition) is 9. The van der Waals surface area contributed by atoms with E-state index in [4.69, 9.17) is 10.5 Å². The van der Waals surface area contributed by atoms with Crippen LogP contribution in [-0.4, -0.2) is 41.5 Å². The van der Waals surface area contributed by atoms with Crippen molar-refractivity contribution >= 4 is 18.4 Å². The van der Waals surface area contributed by atoms with Gasteiger partial charge in [-0.05, 0) is 50.5 Å². The first-order chi connectivity index (χ1) is 23.3.